The summed E-state index contributed by atoms with van der Waals surface area (Å²) in [6.45, 7) is 4.30. The van der Waals surface area contributed by atoms with Crippen molar-refractivity contribution in [3.63, 3.8) is 0 Å². The third kappa shape index (κ3) is 2.97. The van der Waals surface area contributed by atoms with Gasteiger partial charge in [-0.3, -0.25) is 0 Å². The molecular formula is C11H18. The molecule has 0 amide bonds. The van der Waals surface area contributed by atoms with Crippen LogP contribution in [0.25, 0.3) is 0 Å². The van der Waals surface area contributed by atoms with E-state index in [0.29, 0.717) is 0 Å². The van der Waals surface area contributed by atoms with Gasteiger partial charge in [0, 0.05) is 6.42 Å². The molecule has 0 radical (unpaired) electrons. The lowest BCUT2D eigenvalue weighted by Gasteiger charge is -2.24. The molecule has 0 aliphatic heterocycles. The van der Waals surface area contributed by atoms with Crippen molar-refractivity contribution in [3.8, 4) is 11.8 Å². The summed E-state index contributed by atoms with van der Waals surface area (Å²) in [6, 6.07) is 0. The Morgan fingerprint density at radius 3 is 2.36 bits per heavy atom. The van der Waals surface area contributed by atoms with Crippen molar-refractivity contribution in [2.24, 2.45) is 11.8 Å². The fourth-order valence-corrected chi connectivity index (χ4v) is 1.78. The quantitative estimate of drug-likeness (QED) is 0.503. The molecule has 0 aromatic rings. The van der Waals surface area contributed by atoms with Crippen LogP contribution in [0.1, 0.15) is 46.0 Å². The topological polar surface area (TPSA) is 0 Å². The highest BCUT2D eigenvalue weighted by atomic mass is 14.2. The SMILES string of the molecule is CC#CCC1CCC(C)CC1. The van der Waals surface area contributed by atoms with Crippen LogP contribution in [0.15, 0.2) is 0 Å². The molecule has 1 aliphatic rings. The first-order valence-corrected chi connectivity index (χ1v) is 4.72. The Hall–Kier alpha value is -0.440. The smallest absolute Gasteiger partial charge is 0.0117 e. The zero-order chi connectivity index (χ0) is 8.10. The van der Waals surface area contributed by atoms with E-state index in [1.54, 1.807) is 0 Å². The van der Waals surface area contributed by atoms with Gasteiger partial charge in [-0.25, -0.2) is 0 Å². The van der Waals surface area contributed by atoms with Crippen LogP contribution in [0.4, 0.5) is 0 Å². The lowest BCUT2D eigenvalue weighted by Crippen LogP contribution is -2.11. The standard InChI is InChI=1S/C11H18/c1-3-4-5-11-8-6-10(2)7-9-11/h10-11H,5-9H2,1-2H3. The van der Waals surface area contributed by atoms with Crippen molar-refractivity contribution >= 4 is 0 Å². The van der Waals surface area contributed by atoms with Gasteiger partial charge < -0.3 is 0 Å². The molecule has 0 nitrogen and oxygen atoms in total. The molecule has 0 bridgehead atoms. The van der Waals surface area contributed by atoms with E-state index in [0.717, 1.165) is 18.3 Å². The molecule has 1 aliphatic carbocycles. The lowest BCUT2D eigenvalue weighted by molar-refractivity contribution is 0.294. The molecular weight excluding hydrogens is 132 g/mol. The summed E-state index contributed by atoms with van der Waals surface area (Å²) in [4.78, 5) is 0. The van der Waals surface area contributed by atoms with Crippen molar-refractivity contribution in [2.75, 3.05) is 0 Å². The van der Waals surface area contributed by atoms with Crippen molar-refractivity contribution in [1.82, 2.24) is 0 Å². The molecule has 0 heteroatoms. The fraction of sp³-hybridized carbons (Fsp3) is 0.818. The number of hydrogen-bond donors (Lipinski definition) is 0. The van der Waals surface area contributed by atoms with Gasteiger partial charge in [0.25, 0.3) is 0 Å². The van der Waals surface area contributed by atoms with E-state index < -0.39 is 0 Å². The second-order valence-electron chi connectivity index (χ2n) is 3.76. The highest BCUT2D eigenvalue weighted by Crippen LogP contribution is 2.29. The summed E-state index contributed by atoms with van der Waals surface area (Å²) in [5.74, 6) is 8.05. The Balaban J connectivity index is 2.20. The van der Waals surface area contributed by atoms with Crippen LogP contribution in [0, 0.1) is 23.7 Å². The normalized spacial score (nSPS) is 30.7. The van der Waals surface area contributed by atoms with Gasteiger partial charge >= 0.3 is 0 Å². The summed E-state index contributed by atoms with van der Waals surface area (Å²) in [6.07, 6.45) is 6.82. The van der Waals surface area contributed by atoms with Gasteiger partial charge in [0.1, 0.15) is 0 Å². The second-order valence-corrected chi connectivity index (χ2v) is 3.76. The summed E-state index contributed by atoms with van der Waals surface area (Å²) < 4.78 is 0. The lowest BCUT2D eigenvalue weighted by atomic mass is 9.82. The zero-order valence-electron chi connectivity index (χ0n) is 7.69. The van der Waals surface area contributed by atoms with E-state index in [-0.39, 0.29) is 0 Å². The van der Waals surface area contributed by atoms with Crippen LogP contribution in [0.3, 0.4) is 0 Å². The van der Waals surface area contributed by atoms with E-state index in [1.807, 2.05) is 6.92 Å². The van der Waals surface area contributed by atoms with E-state index >= 15 is 0 Å². The maximum absolute atomic E-state index is 3.18. The van der Waals surface area contributed by atoms with Gasteiger partial charge in [-0.05, 0) is 31.6 Å². The van der Waals surface area contributed by atoms with Crippen LogP contribution < -0.4 is 0 Å². The molecule has 0 aromatic carbocycles. The predicted octanol–water partition coefficient (Wildman–Crippen LogP) is 3.23. The average Bonchev–Trinajstić information content (AvgIpc) is 2.04. The molecule has 0 saturated heterocycles. The van der Waals surface area contributed by atoms with E-state index in [1.165, 1.54) is 25.7 Å². The third-order valence-corrected chi connectivity index (χ3v) is 2.70. The van der Waals surface area contributed by atoms with Crippen LogP contribution in [-0.4, -0.2) is 0 Å². The van der Waals surface area contributed by atoms with Crippen LogP contribution in [0.5, 0.6) is 0 Å². The number of rotatable bonds is 1. The van der Waals surface area contributed by atoms with Gasteiger partial charge in [0.2, 0.25) is 0 Å². The van der Waals surface area contributed by atoms with E-state index in [4.69, 9.17) is 0 Å². The Kier molecular flexibility index (Phi) is 3.49. The summed E-state index contributed by atoms with van der Waals surface area (Å²) >= 11 is 0. The van der Waals surface area contributed by atoms with Gasteiger partial charge in [0.05, 0.1) is 0 Å². The summed E-state index contributed by atoms with van der Waals surface area (Å²) in [5, 5.41) is 0. The predicted molar refractivity (Wildman–Crippen MR) is 49.2 cm³/mol. The van der Waals surface area contributed by atoms with E-state index in [2.05, 4.69) is 18.8 Å². The molecule has 0 heterocycles. The molecule has 0 N–H and O–H groups in total. The average molecular weight is 150 g/mol. The van der Waals surface area contributed by atoms with Crippen molar-refractivity contribution in [2.45, 2.75) is 46.0 Å². The zero-order valence-corrected chi connectivity index (χ0v) is 7.69. The summed E-state index contributed by atoms with van der Waals surface area (Å²) in [5.41, 5.74) is 0. The first-order chi connectivity index (χ1) is 5.33. The molecule has 0 atom stereocenters. The van der Waals surface area contributed by atoms with Gasteiger partial charge in [-0.1, -0.05) is 19.8 Å². The minimum Gasteiger partial charge on any atom is -0.107 e. The monoisotopic (exact) mass is 150 g/mol. The molecule has 1 saturated carbocycles. The molecule has 0 unspecified atom stereocenters. The first-order valence-electron chi connectivity index (χ1n) is 4.72. The minimum atomic E-state index is 0.915. The molecule has 62 valence electrons. The molecule has 0 spiro atoms. The molecule has 11 heavy (non-hydrogen) atoms. The second kappa shape index (κ2) is 4.44. The largest absolute Gasteiger partial charge is 0.107 e. The number of hydrogen-bond acceptors (Lipinski definition) is 0. The Labute approximate surface area is 70.4 Å². The Morgan fingerprint density at radius 2 is 1.82 bits per heavy atom. The summed E-state index contributed by atoms with van der Waals surface area (Å²) in [7, 11) is 0. The minimum absolute atomic E-state index is 0.915. The van der Waals surface area contributed by atoms with E-state index in [9.17, 15) is 0 Å². The Bertz CT molecular complexity index is 151. The highest BCUT2D eigenvalue weighted by molar-refractivity contribution is 4.96. The maximum atomic E-state index is 3.18. The van der Waals surface area contributed by atoms with Crippen LogP contribution >= 0.6 is 0 Å². The molecule has 1 fully saturated rings. The first kappa shape index (κ1) is 8.65. The van der Waals surface area contributed by atoms with Crippen LogP contribution in [-0.2, 0) is 0 Å². The third-order valence-electron chi connectivity index (χ3n) is 2.70. The molecule has 0 aromatic heterocycles. The van der Waals surface area contributed by atoms with Crippen LogP contribution in [0.2, 0.25) is 0 Å². The van der Waals surface area contributed by atoms with Crippen molar-refractivity contribution in [3.05, 3.63) is 0 Å². The van der Waals surface area contributed by atoms with Gasteiger partial charge in [0.15, 0.2) is 0 Å². The maximum Gasteiger partial charge on any atom is 0.0117 e. The van der Waals surface area contributed by atoms with Gasteiger partial charge in [-0.15, -0.1) is 11.8 Å². The van der Waals surface area contributed by atoms with Crippen molar-refractivity contribution < 1.29 is 0 Å². The van der Waals surface area contributed by atoms with Gasteiger partial charge in [-0.2, -0.15) is 0 Å². The Morgan fingerprint density at radius 1 is 1.18 bits per heavy atom. The van der Waals surface area contributed by atoms with Crippen molar-refractivity contribution in [1.29, 1.82) is 0 Å². The fourth-order valence-electron chi connectivity index (χ4n) is 1.78. The highest BCUT2D eigenvalue weighted by Gasteiger charge is 2.16. The molecule has 1 rings (SSSR count).